The Kier molecular flexibility index (Phi) is 4.76. The first-order valence-electron chi connectivity index (χ1n) is 7.16. The summed E-state index contributed by atoms with van der Waals surface area (Å²) in [4.78, 5) is 12.6. The van der Waals surface area contributed by atoms with Gasteiger partial charge in [-0.2, -0.15) is 0 Å². The van der Waals surface area contributed by atoms with Gasteiger partial charge in [0, 0.05) is 12.1 Å². The highest BCUT2D eigenvalue weighted by Crippen LogP contribution is 2.18. The number of nitrogens with one attached hydrogen (secondary N) is 1. The molecule has 2 rings (SSSR count). The third kappa shape index (κ3) is 3.50. The van der Waals surface area contributed by atoms with Gasteiger partial charge in [0.1, 0.15) is 0 Å². The topological polar surface area (TPSA) is 55.1 Å². The van der Waals surface area contributed by atoms with Crippen LogP contribution >= 0.6 is 0 Å². The molecule has 0 aromatic heterocycles. The second-order valence-electron chi connectivity index (χ2n) is 5.45. The molecule has 0 radical (unpaired) electrons. The maximum atomic E-state index is 12.6. The molecule has 0 spiro atoms. The van der Waals surface area contributed by atoms with Gasteiger partial charge in [0.05, 0.1) is 6.04 Å². The first-order chi connectivity index (χ1) is 10.0. The Bertz CT molecular complexity index is 612. The summed E-state index contributed by atoms with van der Waals surface area (Å²) in [5.41, 5.74) is 10.7. The van der Waals surface area contributed by atoms with Crippen LogP contribution in [0.2, 0.25) is 0 Å². The lowest BCUT2D eigenvalue weighted by molar-refractivity contribution is 0.0936. The summed E-state index contributed by atoms with van der Waals surface area (Å²) < 4.78 is 0. The fourth-order valence-corrected chi connectivity index (χ4v) is 2.73. The van der Waals surface area contributed by atoms with Gasteiger partial charge in [-0.25, -0.2) is 0 Å². The van der Waals surface area contributed by atoms with Crippen molar-refractivity contribution in [2.45, 2.75) is 26.8 Å². The molecule has 0 aliphatic carbocycles. The number of benzene rings is 2. The molecule has 2 aromatic carbocycles. The van der Waals surface area contributed by atoms with Crippen LogP contribution in [0.15, 0.2) is 42.5 Å². The van der Waals surface area contributed by atoms with Gasteiger partial charge in [-0.1, -0.05) is 48.0 Å². The van der Waals surface area contributed by atoms with E-state index in [0.717, 1.165) is 22.3 Å². The molecule has 2 aromatic rings. The SMILES string of the molecule is Cc1cc(C)c(C(=O)NC(CN)c2ccccc2)c(C)c1. The Hall–Kier alpha value is -2.13. The highest BCUT2D eigenvalue weighted by molar-refractivity contribution is 5.97. The first kappa shape index (κ1) is 15.3. The quantitative estimate of drug-likeness (QED) is 0.905. The van der Waals surface area contributed by atoms with Crippen LogP contribution in [0.5, 0.6) is 0 Å². The van der Waals surface area contributed by atoms with E-state index in [1.807, 2.05) is 63.2 Å². The van der Waals surface area contributed by atoms with Crippen molar-refractivity contribution in [3.63, 3.8) is 0 Å². The minimum Gasteiger partial charge on any atom is -0.344 e. The summed E-state index contributed by atoms with van der Waals surface area (Å²) in [6, 6.07) is 13.7. The largest absolute Gasteiger partial charge is 0.344 e. The summed E-state index contributed by atoms with van der Waals surface area (Å²) in [5.74, 6) is -0.0655. The van der Waals surface area contributed by atoms with Crippen LogP contribution < -0.4 is 11.1 Å². The lowest BCUT2D eigenvalue weighted by atomic mass is 9.98. The van der Waals surface area contributed by atoms with Crippen LogP contribution in [0.4, 0.5) is 0 Å². The number of nitrogens with two attached hydrogens (primary N) is 1. The van der Waals surface area contributed by atoms with Gasteiger partial charge in [-0.05, 0) is 37.5 Å². The first-order valence-corrected chi connectivity index (χ1v) is 7.16. The van der Waals surface area contributed by atoms with Gasteiger partial charge in [-0.15, -0.1) is 0 Å². The fraction of sp³-hybridized carbons (Fsp3) is 0.278. The van der Waals surface area contributed by atoms with Crippen molar-refractivity contribution in [3.8, 4) is 0 Å². The molecule has 0 aliphatic rings. The van der Waals surface area contributed by atoms with Crippen molar-refractivity contribution in [3.05, 3.63) is 70.3 Å². The summed E-state index contributed by atoms with van der Waals surface area (Å²) in [7, 11) is 0. The number of aryl methyl sites for hydroxylation is 3. The van der Waals surface area contributed by atoms with Crippen LogP contribution in [-0.2, 0) is 0 Å². The molecular weight excluding hydrogens is 260 g/mol. The van der Waals surface area contributed by atoms with Crippen molar-refractivity contribution in [2.75, 3.05) is 6.54 Å². The standard InChI is InChI=1S/C18H22N2O/c1-12-9-13(2)17(14(3)10-12)18(21)20-16(11-19)15-7-5-4-6-8-15/h4-10,16H,11,19H2,1-3H3,(H,20,21). The Morgan fingerprint density at radius 2 is 1.67 bits per heavy atom. The van der Waals surface area contributed by atoms with Crippen molar-refractivity contribution in [2.24, 2.45) is 5.73 Å². The Morgan fingerprint density at radius 1 is 1.10 bits per heavy atom. The Labute approximate surface area is 126 Å². The van der Waals surface area contributed by atoms with Crippen LogP contribution in [0.3, 0.4) is 0 Å². The van der Waals surface area contributed by atoms with E-state index in [9.17, 15) is 4.79 Å². The molecule has 1 unspecified atom stereocenters. The average Bonchev–Trinajstić information content (AvgIpc) is 2.44. The van der Waals surface area contributed by atoms with Gasteiger partial charge >= 0.3 is 0 Å². The number of amides is 1. The van der Waals surface area contributed by atoms with Crippen LogP contribution in [0.1, 0.15) is 38.7 Å². The maximum absolute atomic E-state index is 12.6. The third-order valence-corrected chi connectivity index (χ3v) is 3.65. The molecule has 0 aliphatic heterocycles. The number of rotatable bonds is 4. The molecule has 3 nitrogen and oxygen atoms in total. The van der Waals surface area contributed by atoms with Crippen molar-refractivity contribution < 1.29 is 4.79 Å². The zero-order chi connectivity index (χ0) is 15.4. The minimum absolute atomic E-state index is 0.0655. The van der Waals surface area contributed by atoms with Crippen LogP contribution in [-0.4, -0.2) is 12.5 Å². The molecule has 3 heteroatoms. The molecule has 1 amide bonds. The second kappa shape index (κ2) is 6.55. The predicted molar refractivity (Wildman–Crippen MR) is 86.4 cm³/mol. The van der Waals surface area contributed by atoms with E-state index in [1.165, 1.54) is 5.56 Å². The maximum Gasteiger partial charge on any atom is 0.252 e. The third-order valence-electron chi connectivity index (χ3n) is 3.65. The van der Waals surface area contributed by atoms with Crippen LogP contribution in [0.25, 0.3) is 0 Å². The molecule has 1 atom stereocenters. The zero-order valence-electron chi connectivity index (χ0n) is 12.8. The lowest BCUT2D eigenvalue weighted by Crippen LogP contribution is -2.34. The van der Waals surface area contributed by atoms with Gasteiger partial charge in [0.15, 0.2) is 0 Å². The van der Waals surface area contributed by atoms with Crippen molar-refractivity contribution in [1.82, 2.24) is 5.32 Å². The molecule has 0 heterocycles. The Morgan fingerprint density at radius 3 is 2.19 bits per heavy atom. The summed E-state index contributed by atoms with van der Waals surface area (Å²) in [5, 5.41) is 3.04. The van der Waals surface area contributed by atoms with Crippen molar-refractivity contribution >= 4 is 5.91 Å². The van der Waals surface area contributed by atoms with E-state index < -0.39 is 0 Å². The highest BCUT2D eigenvalue weighted by atomic mass is 16.1. The Balaban J connectivity index is 2.25. The molecule has 0 saturated carbocycles. The number of carbonyl (C=O) groups excluding carboxylic acids is 1. The van der Waals surface area contributed by atoms with Crippen LogP contribution in [0, 0.1) is 20.8 Å². The molecule has 0 bridgehead atoms. The van der Waals surface area contributed by atoms with Gasteiger partial charge in [0.25, 0.3) is 5.91 Å². The van der Waals surface area contributed by atoms with Crippen molar-refractivity contribution in [1.29, 1.82) is 0 Å². The van der Waals surface area contributed by atoms with E-state index in [-0.39, 0.29) is 11.9 Å². The molecule has 21 heavy (non-hydrogen) atoms. The van der Waals surface area contributed by atoms with E-state index in [1.54, 1.807) is 0 Å². The number of hydrogen-bond donors (Lipinski definition) is 2. The summed E-state index contributed by atoms with van der Waals surface area (Å²) in [6.45, 7) is 6.35. The number of hydrogen-bond acceptors (Lipinski definition) is 2. The highest BCUT2D eigenvalue weighted by Gasteiger charge is 2.17. The summed E-state index contributed by atoms with van der Waals surface area (Å²) >= 11 is 0. The molecule has 0 fully saturated rings. The zero-order valence-corrected chi connectivity index (χ0v) is 12.8. The average molecular weight is 282 g/mol. The molecule has 3 N–H and O–H groups in total. The van der Waals surface area contributed by atoms with Gasteiger partial charge < -0.3 is 11.1 Å². The normalized spacial score (nSPS) is 12.0. The molecule has 110 valence electrons. The molecule has 0 saturated heterocycles. The van der Waals surface area contributed by atoms with Gasteiger partial charge in [-0.3, -0.25) is 4.79 Å². The van der Waals surface area contributed by atoms with E-state index in [4.69, 9.17) is 5.73 Å². The smallest absolute Gasteiger partial charge is 0.252 e. The van der Waals surface area contributed by atoms with Gasteiger partial charge in [0.2, 0.25) is 0 Å². The summed E-state index contributed by atoms with van der Waals surface area (Å²) in [6.07, 6.45) is 0. The lowest BCUT2D eigenvalue weighted by Gasteiger charge is -2.19. The van der Waals surface area contributed by atoms with E-state index >= 15 is 0 Å². The monoisotopic (exact) mass is 282 g/mol. The predicted octanol–water partition coefficient (Wildman–Crippen LogP) is 3.04. The second-order valence-corrected chi connectivity index (χ2v) is 5.45. The molecular formula is C18H22N2O. The van der Waals surface area contributed by atoms with E-state index in [2.05, 4.69) is 5.32 Å². The fourth-order valence-electron chi connectivity index (χ4n) is 2.73. The van der Waals surface area contributed by atoms with E-state index in [0.29, 0.717) is 6.54 Å². The number of carbonyl (C=O) groups is 1. The minimum atomic E-state index is -0.168.